The van der Waals surface area contributed by atoms with E-state index in [-0.39, 0.29) is 17.4 Å². The van der Waals surface area contributed by atoms with Gasteiger partial charge < -0.3 is 9.67 Å². The molecule has 0 amide bonds. The van der Waals surface area contributed by atoms with Crippen molar-refractivity contribution in [2.45, 2.75) is 12.5 Å². The number of imidazole rings is 1. The lowest BCUT2D eigenvalue weighted by Crippen LogP contribution is -2.09. The van der Waals surface area contributed by atoms with Crippen LogP contribution in [0.3, 0.4) is 0 Å². The van der Waals surface area contributed by atoms with Gasteiger partial charge in [-0.3, -0.25) is 0 Å². The number of thiophene rings is 1. The summed E-state index contributed by atoms with van der Waals surface area (Å²) in [5, 5.41) is 18.0. The number of para-hydroxylation sites is 2. The zero-order valence-corrected chi connectivity index (χ0v) is 18.7. The highest BCUT2D eigenvalue weighted by Crippen LogP contribution is 2.35. The van der Waals surface area contributed by atoms with Gasteiger partial charge in [0, 0.05) is 15.3 Å². The number of aromatic nitrogens is 2. The average molecular weight is 468 g/mol. The number of hydrogen-bond acceptors (Lipinski definition) is 4. The molecule has 2 heterocycles. The van der Waals surface area contributed by atoms with E-state index < -0.39 is 5.97 Å². The number of rotatable bonds is 5. The fourth-order valence-corrected chi connectivity index (χ4v) is 4.97. The molecule has 0 aliphatic heterocycles. The molecule has 5 nitrogen and oxygen atoms in total. The van der Waals surface area contributed by atoms with E-state index in [1.165, 1.54) is 23.5 Å². The van der Waals surface area contributed by atoms with Crippen molar-refractivity contribution in [2.75, 3.05) is 0 Å². The Balaban J connectivity index is 1.50. The van der Waals surface area contributed by atoms with Gasteiger partial charge in [-0.1, -0.05) is 42.5 Å². The second-order valence-corrected chi connectivity index (χ2v) is 8.91. The van der Waals surface area contributed by atoms with Crippen LogP contribution in [0.2, 0.25) is 0 Å². The molecule has 0 spiro atoms. The molecule has 0 saturated carbocycles. The second kappa shape index (κ2) is 8.93. The molecule has 0 saturated heterocycles. The van der Waals surface area contributed by atoms with Crippen molar-refractivity contribution in [1.82, 2.24) is 9.55 Å². The molecule has 2 aromatic carbocycles. The quantitative estimate of drug-likeness (QED) is 0.259. The van der Waals surface area contributed by atoms with Crippen LogP contribution in [0.4, 0.5) is 4.39 Å². The lowest BCUT2D eigenvalue weighted by Gasteiger charge is -2.19. The summed E-state index contributed by atoms with van der Waals surface area (Å²) in [4.78, 5) is 17.6. The normalized spacial score (nSPS) is 15.8. The Kier molecular flexibility index (Phi) is 5.66. The van der Waals surface area contributed by atoms with Crippen molar-refractivity contribution in [3.63, 3.8) is 0 Å². The molecule has 0 radical (unpaired) electrons. The van der Waals surface area contributed by atoms with Crippen LogP contribution in [0.5, 0.6) is 0 Å². The van der Waals surface area contributed by atoms with E-state index in [1.807, 2.05) is 60.7 Å². The number of benzene rings is 2. The Morgan fingerprint density at radius 2 is 1.91 bits per heavy atom. The number of fused-ring (bicyclic) bond motifs is 1. The molecule has 166 valence electrons. The highest BCUT2D eigenvalue weighted by atomic mass is 32.1. The lowest BCUT2D eigenvalue weighted by molar-refractivity contribution is -0.132. The highest BCUT2D eigenvalue weighted by Gasteiger charge is 2.20. The van der Waals surface area contributed by atoms with Gasteiger partial charge in [0.25, 0.3) is 0 Å². The maximum Gasteiger partial charge on any atom is 0.346 e. The third-order valence-electron chi connectivity index (χ3n) is 5.65. The number of nitriles is 1. The summed E-state index contributed by atoms with van der Waals surface area (Å²) in [6, 6.07) is 21.3. The topological polar surface area (TPSA) is 78.9 Å². The first kappa shape index (κ1) is 21.6. The van der Waals surface area contributed by atoms with E-state index in [0.29, 0.717) is 11.3 Å². The molecule has 0 fully saturated rings. The lowest BCUT2D eigenvalue weighted by atomic mass is 10.1. The van der Waals surface area contributed by atoms with Gasteiger partial charge in [0.15, 0.2) is 0 Å². The van der Waals surface area contributed by atoms with Crippen LogP contribution < -0.4 is 0 Å². The van der Waals surface area contributed by atoms with Crippen molar-refractivity contribution in [1.29, 1.82) is 5.26 Å². The predicted octanol–water partition coefficient (Wildman–Crippen LogP) is 6.78. The number of carboxylic acid groups (broad SMARTS) is 1. The van der Waals surface area contributed by atoms with E-state index >= 15 is 0 Å². The molecule has 1 N–H and O–H groups in total. The molecule has 5 rings (SSSR count). The second-order valence-electron chi connectivity index (χ2n) is 7.80. The fourth-order valence-electron chi connectivity index (χ4n) is 4.01. The summed E-state index contributed by atoms with van der Waals surface area (Å²) in [5.41, 5.74) is 3.50. The van der Waals surface area contributed by atoms with Crippen LogP contribution in [-0.4, -0.2) is 20.6 Å². The van der Waals surface area contributed by atoms with E-state index in [9.17, 15) is 9.18 Å². The molecule has 4 aromatic rings. The van der Waals surface area contributed by atoms with Crippen LogP contribution >= 0.6 is 11.3 Å². The maximum absolute atomic E-state index is 13.6. The molecular formula is C27H18FN3O2S. The monoisotopic (exact) mass is 467 g/mol. The van der Waals surface area contributed by atoms with Gasteiger partial charge in [0.1, 0.15) is 23.3 Å². The number of nitrogens with zero attached hydrogens (tertiary/aromatic N) is 3. The Morgan fingerprint density at radius 1 is 1.15 bits per heavy atom. The molecule has 34 heavy (non-hydrogen) atoms. The summed E-state index contributed by atoms with van der Waals surface area (Å²) < 4.78 is 15.7. The summed E-state index contributed by atoms with van der Waals surface area (Å²) in [6.07, 6.45) is 6.90. The third kappa shape index (κ3) is 4.07. The Hall–Kier alpha value is -4.28. The van der Waals surface area contributed by atoms with Crippen LogP contribution in [-0.2, 0) is 4.79 Å². The highest BCUT2D eigenvalue weighted by molar-refractivity contribution is 7.16. The number of allylic oxidation sites excluding steroid dienone is 4. The molecule has 1 aliphatic carbocycles. The van der Waals surface area contributed by atoms with Gasteiger partial charge in [-0.2, -0.15) is 5.26 Å². The summed E-state index contributed by atoms with van der Waals surface area (Å²) in [7, 11) is 0. The van der Waals surface area contributed by atoms with Gasteiger partial charge >= 0.3 is 5.97 Å². The van der Waals surface area contributed by atoms with Gasteiger partial charge in [-0.05, 0) is 54.5 Å². The smallest absolute Gasteiger partial charge is 0.346 e. The predicted molar refractivity (Wildman–Crippen MR) is 132 cm³/mol. The van der Waals surface area contributed by atoms with E-state index in [1.54, 1.807) is 18.2 Å². The van der Waals surface area contributed by atoms with Crippen molar-refractivity contribution < 1.29 is 14.3 Å². The molecular weight excluding hydrogens is 449 g/mol. The first-order chi connectivity index (χ1) is 16.5. The van der Waals surface area contributed by atoms with Crippen LogP contribution in [0.1, 0.15) is 17.3 Å². The van der Waals surface area contributed by atoms with Crippen molar-refractivity contribution in [3.05, 3.63) is 95.2 Å². The van der Waals surface area contributed by atoms with Gasteiger partial charge in [0.2, 0.25) is 0 Å². The van der Waals surface area contributed by atoms with Gasteiger partial charge in [-0.15, -0.1) is 11.3 Å². The maximum atomic E-state index is 13.6. The molecule has 2 aromatic heterocycles. The minimum atomic E-state index is -1.24. The van der Waals surface area contributed by atoms with Crippen LogP contribution in [0, 0.1) is 11.3 Å². The Morgan fingerprint density at radius 3 is 2.62 bits per heavy atom. The van der Waals surface area contributed by atoms with E-state index in [2.05, 4.69) is 4.57 Å². The van der Waals surface area contributed by atoms with Crippen LogP contribution in [0.15, 0.2) is 90.3 Å². The van der Waals surface area contributed by atoms with Crippen molar-refractivity contribution in [2.24, 2.45) is 0 Å². The summed E-state index contributed by atoms with van der Waals surface area (Å²) >= 11 is 1.42. The minimum Gasteiger partial charge on any atom is -0.477 e. The third-order valence-corrected chi connectivity index (χ3v) is 6.73. The minimum absolute atomic E-state index is 0.0308. The molecule has 1 atom stereocenters. The Labute approximate surface area is 199 Å². The largest absolute Gasteiger partial charge is 0.477 e. The number of hydrogen-bond donors (Lipinski definition) is 1. The first-order valence-electron chi connectivity index (χ1n) is 10.6. The molecule has 7 heteroatoms. The van der Waals surface area contributed by atoms with Crippen LogP contribution in [0.25, 0.3) is 38.9 Å². The van der Waals surface area contributed by atoms with Crippen molar-refractivity contribution in [3.8, 4) is 27.9 Å². The molecule has 0 bridgehead atoms. The van der Waals surface area contributed by atoms with E-state index in [4.69, 9.17) is 15.4 Å². The summed E-state index contributed by atoms with van der Waals surface area (Å²) in [6.45, 7) is 0. The first-order valence-corrected chi connectivity index (χ1v) is 11.4. The van der Waals surface area contributed by atoms with Crippen molar-refractivity contribution >= 4 is 34.4 Å². The van der Waals surface area contributed by atoms with Gasteiger partial charge in [-0.25, -0.2) is 14.2 Å². The summed E-state index contributed by atoms with van der Waals surface area (Å²) in [5.74, 6) is -0.647. The number of carboxylic acids is 1. The van der Waals surface area contributed by atoms with Gasteiger partial charge in [0.05, 0.1) is 17.1 Å². The number of aliphatic carboxylic acids is 1. The fraction of sp³-hybridized carbons (Fsp3) is 0.0741. The Bertz CT molecular complexity index is 1530. The number of carbonyl (C=O) groups is 1. The zero-order valence-electron chi connectivity index (χ0n) is 17.9. The number of halogens is 1. The molecule has 1 aliphatic rings. The van der Waals surface area contributed by atoms with E-state index in [0.717, 1.165) is 32.9 Å². The zero-order chi connectivity index (χ0) is 23.7. The average Bonchev–Trinajstić information content (AvgIpc) is 3.48. The SMILES string of the molecule is N#C/C(=C\c1ccc(-c2ccc(-c3nc4ccccc4n3C3C=CC(F)=CC3)cc2)s1)C(=O)O. The standard InChI is InChI=1S/C27H18FN3O2S/c28-20-9-11-21(12-10-20)31-24-4-2-1-3-23(24)30-26(31)18-7-5-17(6-8-18)25-14-13-22(34-25)15-19(16-29)27(32)33/h1-11,13-15,21H,12H2,(H,32,33)/b19-15+. The molecule has 1 unspecified atom stereocenters.